The normalized spacial score (nSPS) is 14.4. The molecule has 0 saturated carbocycles. The van der Waals surface area contributed by atoms with Crippen molar-refractivity contribution in [3.63, 3.8) is 0 Å². The summed E-state index contributed by atoms with van der Waals surface area (Å²) in [5.74, 6) is 1.37. The molecule has 0 aliphatic heterocycles. The van der Waals surface area contributed by atoms with Crippen molar-refractivity contribution in [2.45, 2.75) is 175 Å². The van der Waals surface area contributed by atoms with Gasteiger partial charge in [-0.1, -0.05) is 126 Å². The van der Waals surface area contributed by atoms with E-state index in [0.717, 1.165) is 70.0 Å². The van der Waals surface area contributed by atoms with Crippen LogP contribution in [0.2, 0.25) is 0 Å². The number of rotatable bonds is 37. The number of allylic oxidation sites excluding steroid dienone is 8. The number of ether oxygens (including phenoxy) is 2. The molecule has 1 aromatic heterocycles. The molecule has 0 amide bonds. The molecule has 12 heteroatoms. The average molecular weight is 848 g/mol. The number of aliphatic hydroxyl groups excluding tert-OH is 1. The van der Waals surface area contributed by atoms with Crippen LogP contribution in [-0.2, 0) is 45.5 Å². The predicted octanol–water partition coefficient (Wildman–Crippen LogP) is 11.1. The molecule has 2 unspecified atom stereocenters. The van der Waals surface area contributed by atoms with Gasteiger partial charge in [-0.15, -0.1) is 0 Å². The first kappa shape index (κ1) is 54.0. The number of phosphoric acid groups is 1. The highest BCUT2D eigenvalue weighted by molar-refractivity contribution is 7.47. The van der Waals surface area contributed by atoms with E-state index >= 15 is 0 Å². The molecule has 59 heavy (non-hydrogen) atoms. The van der Waals surface area contributed by atoms with Crippen molar-refractivity contribution >= 4 is 19.8 Å². The zero-order valence-corrected chi connectivity index (χ0v) is 37.7. The Bertz CT molecular complexity index is 1450. The minimum Gasteiger partial charge on any atom is -0.466 e. The van der Waals surface area contributed by atoms with Crippen molar-refractivity contribution < 1.29 is 47.1 Å². The Morgan fingerprint density at radius 3 is 1.98 bits per heavy atom. The maximum Gasteiger partial charge on any atom is 0.472 e. The van der Waals surface area contributed by atoms with Gasteiger partial charge in [0.05, 0.1) is 19.3 Å². The van der Waals surface area contributed by atoms with E-state index in [1.165, 1.54) is 49.0 Å². The summed E-state index contributed by atoms with van der Waals surface area (Å²) in [7, 11) is -4.42. The smallest absolute Gasteiger partial charge is 0.466 e. The number of esters is 2. The molecule has 336 valence electrons. The van der Waals surface area contributed by atoms with Crippen LogP contribution in [0.1, 0.15) is 158 Å². The van der Waals surface area contributed by atoms with Gasteiger partial charge in [0.15, 0.2) is 6.10 Å². The SMILES string of the molecule is CC/C=C\C(O)C/C=C/C=C\C/C=C\C/C=C\CCCC(=O)O[C@H](COC(=O)CCCCCCCCCCc1oc(CCCCC)c(C)c1C)COP(=O)(O)OCCN. The molecule has 0 bridgehead atoms. The van der Waals surface area contributed by atoms with Crippen LogP contribution in [0.15, 0.2) is 65.2 Å². The van der Waals surface area contributed by atoms with Crippen LogP contribution in [0.4, 0.5) is 0 Å². The Balaban J connectivity index is 2.31. The van der Waals surface area contributed by atoms with Crippen LogP contribution < -0.4 is 5.73 Å². The van der Waals surface area contributed by atoms with E-state index in [1.807, 2.05) is 55.5 Å². The largest absolute Gasteiger partial charge is 0.472 e. The number of aliphatic hydroxyl groups is 1. The quantitative estimate of drug-likeness (QED) is 0.0192. The fraction of sp³-hybridized carbons (Fsp3) is 0.660. The summed E-state index contributed by atoms with van der Waals surface area (Å²) >= 11 is 0. The standard InChI is InChI=1S/C47H78NO10P/c1-5-7-25-32-44-40(3)41(4)45(58-44)33-27-22-18-15-16-19-23-28-34-46(50)54-38-43(39-56-59(52,53)55-37-36-48)57-47(51)35-29-24-20-14-12-10-9-11-13-17-21-26-31-42(49)30-8-6-2/h8-10,13-14,17,20-21,26,30,42-43,49H,5-7,11-12,15-16,18-19,22-25,27-29,31-39,48H2,1-4H3,(H,52,53)/b10-9-,17-13-,20-14-,26-21+,30-8-/t42?,43-/m1/s1. The van der Waals surface area contributed by atoms with E-state index in [9.17, 15) is 24.2 Å². The first-order chi connectivity index (χ1) is 28.5. The second-order valence-corrected chi connectivity index (χ2v) is 16.4. The Hall–Kier alpha value is -3.05. The second-order valence-electron chi connectivity index (χ2n) is 15.0. The first-order valence-electron chi connectivity index (χ1n) is 22.2. The van der Waals surface area contributed by atoms with Crippen LogP contribution in [0.25, 0.3) is 0 Å². The maximum atomic E-state index is 12.6. The topological polar surface area (TPSA) is 168 Å². The fourth-order valence-electron chi connectivity index (χ4n) is 6.10. The first-order valence-corrected chi connectivity index (χ1v) is 23.7. The van der Waals surface area contributed by atoms with Gasteiger partial charge in [0, 0.05) is 32.2 Å². The molecule has 0 radical (unpaired) electrons. The Morgan fingerprint density at radius 2 is 1.32 bits per heavy atom. The molecule has 1 aromatic rings. The second kappa shape index (κ2) is 35.7. The summed E-state index contributed by atoms with van der Waals surface area (Å²) in [5, 5.41) is 9.77. The molecule has 0 aliphatic rings. The Kier molecular flexibility index (Phi) is 32.6. The summed E-state index contributed by atoms with van der Waals surface area (Å²) in [6.45, 7) is 7.69. The number of hydrogen-bond donors (Lipinski definition) is 3. The molecule has 0 aliphatic carbocycles. The van der Waals surface area contributed by atoms with Crippen LogP contribution in [0, 0.1) is 13.8 Å². The third-order valence-electron chi connectivity index (χ3n) is 9.70. The van der Waals surface area contributed by atoms with Gasteiger partial charge in [-0.3, -0.25) is 18.6 Å². The van der Waals surface area contributed by atoms with E-state index in [1.54, 1.807) is 0 Å². The molecular formula is C47H78NO10P. The van der Waals surface area contributed by atoms with Crippen molar-refractivity contribution in [1.82, 2.24) is 0 Å². The number of nitrogens with two attached hydrogens (primary N) is 1. The minimum atomic E-state index is -4.42. The lowest BCUT2D eigenvalue weighted by Gasteiger charge is -2.19. The molecule has 0 saturated heterocycles. The van der Waals surface area contributed by atoms with Crippen molar-refractivity contribution in [2.24, 2.45) is 5.73 Å². The van der Waals surface area contributed by atoms with Gasteiger partial charge in [0.2, 0.25) is 0 Å². The number of hydrogen-bond acceptors (Lipinski definition) is 10. The number of unbranched alkanes of at least 4 members (excludes halogenated alkanes) is 10. The minimum absolute atomic E-state index is 0.0284. The molecule has 11 nitrogen and oxygen atoms in total. The van der Waals surface area contributed by atoms with E-state index in [2.05, 4.69) is 32.9 Å². The highest BCUT2D eigenvalue weighted by Crippen LogP contribution is 2.43. The van der Waals surface area contributed by atoms with E-state index < -0.39 is 38.6 Å². The lowest BCUT2D eigenvalue weighted by molar-refractivity contribution is -0.161. The monoisotopic (exact) mass is 848 g/mol. The molecule has 0 aromatic carbocycles. The summed E-state index contributed by atoms with van der Waals surface area (Å²) in [6.07, 6.45) is 37.1. The zero-order valence-electron chi connectivity index (χ0n) is 36.8. The summed E-state index contributed by atoms with van der Waals surface area (Å²) in [5.41, 5.74) is 7.99. The van der Waals surface area contributed by atoms with Crippen molar-refractivity contribution in [1.29, 1.82) is 0 Å². The van der Waals surface area contributed by atoms with Gasteiger partial charge in [-0.05, 0) is 82.8 Å². The fourth-order valence-corrected chi connectivity index (χ4v) is 6.87. The number of furan rings is 1. The molecule has 3 atom stereocenters. The van der Waals surface area contributed by atoms with E-state index in [0.29, 0.717) is 25.7 Å². The predicted molar refractivity (Wildman–Crippen MR) is 238 cm³/mol. The number of carbonyl (C=O) groups excluding carboxylic acids is 2. The van der Waals surface area contributed by atoms with Gasteiger partial charge >= 0.3 is 19.8 Å². The van der Waals surface area contributed by atoms with Gasteiger partial charge in [-0.2, -0.15) is 0 Å². The zero-order chi connectivity index (χ0) is 43.4. The molecule has 4 N–H and O–H groups in total. The summed E-state index contributed by atoms with van der Waals surface area (Å²) in [4.78, 5) is 35.0. The van der Waals surface area contributed by atoms with Gasteiger partial charge in [0.1, 0.15) is 18.1 Å². The molecule has 1 rings (SSSR count). The molecule has 0 fully saturated rings. The van der Waals surface area contributed by atoms with Gasteiger partial charge in [0.25, 0.3) is 0 Å². The van der Waals surface area contributed by atoms with Crippen molar-refractivity contribution in [2.75, 3.05) is 26.4 Å². The van der Waals surface area contributed by atoms with Crippen LogP contribution in [-0.4, -0.2) is 60.5 Å². The third kappa shape index (κ3) is 29.8. The number of phosphoric ester groups is 1. The molecular weight excluding hydrogens is 769 g/mol. The van der Waals surface area contributed by atoms with Crippen LogP contribution in [0.5, 0.6) is 0 Å². The molecule has 1 heterocycles. The highest BCUT2D eigenvalue weighted by atomic mass is 31.2. The maximum absolute atomic E-state index is 12.6. The Labute approximate surface area is 356 Å². The lowest BCUT2D eigenvalue weighted by atomic mass is 10.0. The van der Waals surface area contributed by atoms with Gasteiger partial charge < -0.3 is 29.6 Å². The summed E-state index contributed by atoms with van der Waals surface area (Å²) < 4.78 is 39.0. The third-order valence-corrected chi connectivity index (χ3v) is 10.7. The lowest BCUT2D eigenvalue weighted by Crippen LogP contribution is -2.29. The summed E-state index contributed by atoms with van der Waals surface area (Å²) in [6, 6.07) is 0. The van der Waals surface area contributed by atoms with Crippen molar-refractivity contribution in [3.8, 4) is 0 Å². The average Bonchev–Trinajstić information content (AvgIpc) is 3.48. The number of aryl methyl sites for hydroxylation is 2. The van der Waals surface area contributed by atoms with E-state index in [-0.39, 0.29) is 32.6 Å². The van der Waals surface area contributed by atoms with Crippen molar-refractivity contribution in [3.05, 3.63) is 83.4 Å². The van der Waals surface area contributed by atoms with Gasteiger partial charge in [-0.25, -0.2) is 4.57 Å². The molecule has 0 spiro atoms. The van der Waals surface area contributed by atoms with E-state index in [4.69, 9.17) is 28.7 Å². The number of carbonyl (C=O) groups is 2. The Morgan fingerprint density at radius 1 is 0.729 bits per heavy atom. The van der Waals surface area contributed by atoms with Crippen LogP contribution >= 0.6 is 7.82 Å². The van der Waals surface area contributed by atoms with Crippen LogP contribution in [0.3, 0.4) is 0 Å². The highest BCUT2D eigenvalue weighted by Gasteiger charge is 2.26.